The van der Waals surface area contributed by atoms with Crippen molar-refractivity contribution in [3.8, 4) is 0 Å². The van der Waals surface area contributed by atoms with Gasteiger partial charge in [0.05, 0.1) is 0 Å². The van der Waals surface area contributed by atoms with Gasteiger partial charge in [0.25, 0.3) is 0 Å². The highest BCUT2D eigenvalue weighted by molar-refractivity contribution is 6.98. The van der Waals surface area contributed by atoms with Crippen LogP contribution in [0.5, 0.6) is 0 Å². The summed E-state index contributed by atoms with van der Waals surface area (Å²) in [7, 11) is 1.31. The van der Waals surface area contributed by atoms with Crippen molar-refractivity contribution in [3.63, 3.8) is 0 Å². The molecule has 0 bridgehead atoms. The lowest BCUT2D eigenvalue weighted by Crippen LogP contribution is -2.15. The van der Waals surface area contributed by atoms with Crippen LogP contribution in [0.1, 0.15) is 0 Å². The van der Waals surface area contributed by atoms with Crippen LogP contribution >= 0.6 is 0 Å². The average molecular weight is 288 g/mol. The fourth-order valence-electron chi connectivity index (χ4n) is 3.17. The first-order valence-electron chi connectivity index (χ1n) is 7.20. The maximum absolute atomic E-state index is 2.38. The van der Waals surface area contributed by atoms with E-state index in [0.29, 0.717) is 0 Å². The maximum atomic E-state index is 2.38. The molecule has 0 amide bonds. The molecule has 0 atom stereocenters. The fourth-order valence-corrected chi connectivity index (χ4v) is 6.06. The molecule has 96 valence electrons. The van der Waals surface area contributed by atoms with Crippen LogP contribution in [0.3, 0.4) is 0 Å². The number of benzene rings is 4. The Kier molecular flexibility index (Phi) is 2.72. The highest BCUT2D eigenvalue weighted by Crippen LogP contribution is 2.28. The van der Waals surface area contributed by atoms with Crippen LogP contribution in [0.4, 0.5) is 0 Å². The Labute approximate surface area is 123 Å². The van der Waals surface area contributed by atoms with Crippen LogP contribution in [0.15, 0.2) is 66.7 Å². The third kappa shape index (κ3) is 1.73. The highest BCUT2D eigenvalue weighted by atomic mass is 29.1. The lowest BCUT2D eigenvalue weighted by atomic mass is 9.98. The average Bonchev–Trinajstić information content (AvgIpc) is 2.52. The van der Waals surface area contributed by atoms with Crippen LogP contribution in [0, 0.1) is 0 Å². The van der Waals surface area contributed by atoms with E-state index in [1.165, 1.54) is 42.1 Å². The molecule has 0 fully saturated rings. The number of hydrogen-bond donors (Lipinski definition) is 0. The number of rotatable bonds is 1. The largest absolute Gasteiger partial charge is 0.0634 e. The van der Waals surface area contributed by atoms with Gasteiger partial charge in [0.2, 0.25) is 0 Å². The normalized spacial score (nSPS) is 12.2. The Balaban J connectivity index is 2.25. The minimum atomic E-state index is -0.0315. The summed E-state index contributed by atoms with van der Waals surface area (Å²) in [4.78, 5) is 0. The van der Waals surface area contributed by atoms with Crippen molar-refractivity contribution in [1.82, 2.24) is 0 Å². The van der Waals surface area contributed by atoms with Gasteiger partial charge in [-0.05, 0) is 54.2 Å². The number of hydrogen-bond acceptors (Lipinski definition) is 0. The van der Waals surface area contributed by atoms with Crippen LogP contribution in [0.25, 0.3) is 32.3 Å². The molecule has 0 saturated carbocycles. The van der Waals surface area contributed by atoms with Crippen LogP contribution in [-0.4, -0.2) is 18.8 Å². The van der Waals surface area contributed by atoms with Gasteiger partial charge in [-0.15, -0.1) is 0 Å². The molecular formula is C18H16Si2. The van der Waals surface area contributed by atoms with Crippen molar-refractivity contribution >= 4 is 56.3 Å². The minimum absolute atomic E-state index is 0.0315. The summed E-state index contributed by atoms with van der Waals surface area (Å²) in [6.45, 7) is 0. The summed E-state index contributed by atoms with van der Waals surface area (Å²) in [5.41, 5.74) is 0. The molecule has 4 rings (SSSR count). The zero-order valence-corrected chi connectivity index (χ0v) is 15.0. The zero-order valence-electron chi connectivity index (χ0n) is 11.6. The van der Waals surface area contributed by atoms with E-state index in [9.17, 15) is 0 Å². The Morgan fingerprint density at radius 1 is 0.650 bits per heavy atom. The van der Waals surface area contributed by atoms with Gasteiger partial charge in [-0.25, -0.2) is 0 Å². The molecule has 0 unspecified atom stereocenters. The molecule has 4 aromatic rings. The smallest absolute Gasteiger partial charge is 0.0393 e. The highest BCUT2D eigenvalue weighted by Gasteiger charge is 2.05. The fraction of sp³-hybridized carbons (Fsp3) is 0. The van der Waals surface area contributed by atoms with Gasteiger partial charge in [-0.2, -0.15) is 0 Å². The summed E-state index contributed by atoms with van der Waals surface area (Å²) in [6.07, 6.45) is 0. The summed E-state index contributed by atoms with van der Waals surface area (Å²) >= 11 is 0. The molecule has 2 heteroatoms. The summed E-state index contributed by atoms with van der Waals surface area (Å²) in [5, 5.41) is 10.0. The van der Waals surface area contributed by atoms with Crippen LogP contribution < -0.4 is 5.19 Å². The lowest BCUT2D eigenvalue weighted by Gasteiger charge is -2.10. The molecule has 0 aliphatic carbocycles. The molecule has 0 aromatic heterocycles. The molecule has 20 heavy (non-hydrogen) atoms. The minimum Gasteiger partial charge on any atom is -0.0634 e. The molecule has 0 N–H and O–H groups in total. The summed E-state index contributed by atoms with van der Waals surface area (Å²) in [5.74, 6) is 0. The van der Waals surface area contributed by atoms with Crippen molar-refractivity contribution < 1.29 is 0 Å². The molecular weight excluding hydrogens is 272 g/mol. The van der Waals surface area contributed by atoms with Crippen molar-refractivity contribution in [2.75, 3.05) is 0 Å². The van der Waals surface area contributed by atoms with E-state index >= 15 is 0 Å². The SMILES string of the molecule is [SiH3][SiH2]c1cccc2ccc3cc4ccccc4cc3c12. The Morgan fingerprint density at radius 3 is 2.15 bits per heavy atom. The second kappa shape index (κ2) is 4.58. The standard InChI is InChI=1S/C18H16Si2/c19-20-17-7-3-6-12-8-9-15-10-13-4-1-2-5-14(13)11-16(15)18(12)17/h1-11H,20H2,19H3. The molecule has 0 radical (unpaired) electrons. The van der Waals surface area contributed by atoms with Crippen molar-refractivity contribution in [3.05, 3.63) is 66.7 Å². The predicted molar refractivity (Wildman–Crippen MR) is 97.1 cm³/mol. The van der Waals surface area contributed by atoms with E-state index in [1.54, 1.807) is 5.19 Å². The molecule has 0 aliphatic heterocycles. The Bertz CT molecular complexity index is 942. The Hall–Kier alpha value is -1.91. The van der Waals surface area contributed by atoms with Gasteiger partial charge in [-0.3, -0.25) is 0 Å². The quantitative estimate of drug-likeness (QED) is 0.286. The first kappa shape index (κ1) is 11.9. The molecule has 0 aliphatic rings. The van der Waals surface area contributed by atoms with E-state index in [2.05, 4.69) is 66.7 Å². The first-order chi connectivity index (χ1) is 9.86. The maximum Gasteiger partial charge on any atom is 0.0393 e. The summed E-state index contributed by atoms with van der Waals surface area (Å²) in [6, 6.07) is 24.7. The van der Waals surface area contributed by atoms with Gasteiger partial charge in [0.15, 0.2) is 0 Å². The predicted octanol–water partition coefficient (Wildman–Crippen LogP) is 2.22. The third-order valence-corrected chi connectivity index (χ3v) is 7.83. The van der Waals surface area contributed by atoms with Gasteiger partial charge in [-0.1, -0.05) is 59.8 Å². The molecule has 0 spiro atoms. The van der Waals surface area contributed by atoms with E-state index in [-0.39, 0.29) is 9.04 Å². The van der Waals surface area contributed by atoms with Gasteiger partial charge < -0.3 is 0 Å². The second-order valence-corrected chi connectivity index (χ2v) is 8.95. The molecule has 4 aromatic carbocycles. The monoisotopic (exact) mass is 288 g/mol. The first-order valence-corrected chi connectivity index (χ1v) is 13.6. The molecule has 0 heterocycles. The number of fused-ring (bicyclic) bond motifs is 4. The zero-order chi connectivity index (χ0) is 13.5. The van der Waals surface area contributed by atoms with Crippen LogP contribution in [0.2, 0.25) is 0 Å². The van der Waals surface area contributed by atoms with Gasteiger partial charge in [0, 0.05) is 9.04 Å². The van der Waals surface area contributed by atoms with Crippen molar-refractivity contribution in [2.45, 2.75) is 0 Å². The van der Waals surface area contributed by atoms with E-state index < -0.39 is 0 Å². The third-order valence-electron chi connectivity index (χ3n) is 4.19. The van der Waals surface area contributed by atoms with E-state index in [4.69, 9.17) is 0 Å². The van der Waals surface area contributed by atoms with E-state index in [0.717, 1.165) is 0 Å². The lowest BCUT2D eigenvalue weighted by molar-refractivity contribution is 1.79. The Morgan fingerprint density at radius 2 is 1.35 bits per heavy atom. The van der Waals surface area contributed by atoms with Crippen LogP contribution in [-0.2, 0) is 0 Å². The van der Waals surface area contributed by atoms with E-state index in [1.807, 2.05) is 0 Å². The summed E-state index contributed by atoms with van der Waals surface area (Å²) < 4.78 is 0. The second-order valence-electron chi connectivity index (χ2n) is 5.35. The van der Waals surface area contributed by atoms with Gasteiger partial charge in [0.1, 0.15) is 0 Å². The van der Waals surface area contributed by atoms with Gasteiger partial charge >= 0.3 is 0 Å². The van der Waals surface area contributed by atoms with Crippen molar-refractivity contribution in [2.24, 2.45) is 0 Å². The molecule has 0 nitrogen and oxygen atoms in total. The molecule has 0 saturated heterocycles. The van der Waals surface area contributed by atoms with Crippen molar-refractivity contribution in [1.29, 1.82) is 0 Å². The topological polar surface area (TPSA) is 0 Å².